The zero-order chi connectivity index (χ0) is 27.1. The number of aryl methyl sites for hydroxylation is 1. The van der Waals surface area contributed by atoms with E-state index >= 15 is 0 Å². The molecular formula is C28H33N5O3S2. The maximum Gasteiger partial charge on any atom is 0.257 e. The van der Waals surface area contributed by atoms with Crippen LogP contribution in [0.4, 0.5) is 10.9 Å². The highest BCUT2D eigenvalue weighted by molar-refractivity contribution is 8.01. The van der Waals surface area contributed by atoms with Crippen molar-refractivity contribution in [2.24, 2.45) is 5.92 Å². The summed E-state index contributed by atoms with van der Waals surface area (Å²) < 4.78 is 6.65. The maximum absolute atomic E-state index is 13.9. The van der Waals surface area contributed by atoms with Gasteiger partial charge in [-0.3, -0.25) is 9.59 Å². The zero-order valence-electron chi connectivity index (χ0n) is 22.1. The van der Waals surface area contributed by atoms with Gasteiger partial charge in [-0.25, -0.2) is 9.97 Å². The van der Waals surface area contributed by atoms with Crippen molar-refractivity contribution in [1.29, 1.82) is 0 Å². The fourth-order valence-electron chi connectivity index (χ4n) is 4.44. The van der Waals surface area contributed by atoms with Crippen LogP contribution < -0.4 is 10.1 Å². The Kier molecular flexibility index (Phi) is 9.41. The average Bonchev–Trinajstić information content (AvgIpc) is 3.23. The van der Waals surface area contributed by atoms with E-state index < -0.39 is 0 Å². The summed E-state index contributed by atoms with van der Waals surface area (Å²) in [6.45, 7) is 8.33. The van der Waals surface area contributed by atoms with Crippen molar-refractivity contribution in [2.45, 2.75) is 42.3 Å². The Balaban J connectivity index is 1.55. The minimum atomic E-state index is -0.0441. The van der Waals surface area contributed by atoms with Crippen molar-refractivity contribution in [3.05, 3.63) is 66.1 Å². The molecule has 3 heterocycles. The van der Waals surface area contributed by atoms with Crippen molar-refractivity contribution in [2.75, 3.05) is 32.1 Å². The maximum atomic E-state index is 13.9. The van der Waals surface area contributed by atoms with E-state index in [1.807, 2.05) is 54.6 Å². The second-order valence-corrected chi connectivity index (χ2v) is 11.7. The van der Waals surface area contributed by atoms with E-state index in [4.69, 9.17) is 4.74 Å². The van der Waals surface area contributed by atoms with Gasteiger partial charge in [0.1, 0.15) is 17.9 Å². The van der Waals surface area contributed by atoms with Gasteiger partial charge in [-0.05, 0) is 55.2 Å². The van der Waals surface area contributed by atoms with E-state index in [2.05, 4.69) is 34.0 Å². The van der Waals surface area contributed by atoms with E-state index in [0.29, 0.717) is 30.3 Å². The number of aldehydes is 1. The number of benzene rings is 1. The van der Waals surface area contributed by atoms with Gasteiger partial charge in [-0.2, -0.15) is 0 Å². The first-order valence-electron chi connectivity index (χ1n) is 12.6. The van der Waals surface area contributed by atoms with Gasteiger partial charge in [-0.1, -0.05) is 43.0 Å². The third-order valence-corrected chi connectivity index (χ3v) is 8.59. The molecular weight excluding hydrogens is 518 g/mol. The number of hydrogen-bond donors (Lipinski definition) is 1. The van der Waals surface area contributed by atoms with Crippen molar-refractivity contribution >= 4 is 46.2 Å². The normalized spacial score (nSPS) is 16.1. The Morgan fingerprint density at radius 3 is 2.82 bits per heavy atom. The number of pyridine rings is 1. The number of amides is 1. The van der Waals surface area contributed by atoms with Gasteiger partial charge < -0.3 is 19.9 Å². The first-order chi connectivity index (χ1) is 18.4. The molecule has 0 radical (unpaired) electrons. The third kappa shape index (κ3) is 6.73. The van der Waals surface area contributed by atoms with E-state index in [9.17, 15) is 9.59 Å². The number of rotatable bonds is 9. The molecule has 8 nitrogen and oxygen atoms in total. The minimum absolute atomic E-state index is 0.0441. The number of anilines is 2. The van der Waals surface area contributed by atoms with Crippen LogP contribution >= 0.6 is 23.1 Å². The Bertz CT molecular complexity index is 1280. The molecule has 200 valence electrons. The topological polar surface area (TPSA) is 87.7 Å². The molecule has 2 aromatic heterocycles. The second kappa shape index (κ2) is 12.9. The number of nitrogens with zero attached hydrogens (tertiary/aromatic N) is 4. The van der Waals surface area contributed by atoms with E-state index in [-0.39, 0.29) is 11.9 Å². The number of nitrogens with one attached hydrogen (secondary N) is 1. The molecule has 3 aromatic rings. The van der Waals surface area contributed by atoms with Gasteiger partial charge in [-0.15, -0.1) is 0 Å². The Morgan fingerprint density at radius 2 is 2.11 bits per heavy atom. The monoisotopic (exact) mass is 551 g/mol. The van der Waals surface area contributed by atoms with Gasteiger partial charge in [0.2, 0.25) is 0 Å². The lowest BCUT2D eigenvalue weighted by atomic mass is 10.0. The lowest BCUT2D eigenvalue weighted by Gasteiger charge is -2.33. The number of methoxy groups -OCH3 is 1. The van der Waals surface area contributed by atoms with E-state index in [0.717, 1.165) is 44.9 Å². The molecule has 4 rings (SSSR count). The van der Waals surface area contributed by atoms with Gasteiger partial charge in [0.15, 0.2) is 5.13 Å². The fourth-order valence-corrected chi connectivity index (χ4v) is 6.39. The number of thiazole rings is 1. The van der Waals surface area contributed by atoms with Crippen LogP contribution in [0.25, 0.3) is 0 Å². The molecule has 1 aliphatic heterocycles. The van der Waals surface area contributed by atoms with Crippen LogP contribution in [-0.2, 0) is 4.79 Å². The van der Waals surface area contributed by atoms with Gasteiger partial charge in [0.25, 0.3) is 5.91 Å². The predicted molar refractivity (Wildman–Crippen MR) is 153 cm³/mol. The molecule has 1 aliphatic rings. The summed E-state index contributed by atoms with van der Waals surface area (Å²) in [5.41, 5.74) is 1.58. The van der Waals surface area contributed by atoms with Gasteiger partial charge in [0, 0.05) is 43.0 Å². The first-order valence-corrected chi connectivity index (χ1v) is 14.2. The Labute approximate surface area is 232 Å². The Morgan fingerprint density at radius 1 is 1.26 bits per heavy atom. The smallest absolute Gasteiger partial charge is 0.257 e. The number of allylic oxidation sites excluding steroid dienone is 1. The van der Waals surface area contributed by atoms with Crippen LogP contribution in [-0.4, -0.2) is 64.7 Å². The van der Waals surface area contributed by atoms with Crippen LogP contribution in [0.2, 0.25) is 0 Å². The largest absolute Gasteiger partial charge is 0.496 e. The number of hydrogen-bond acceptors (Lipinski definition) is 9. The average molecular weight is 552 g/mol. The summed E-state index contributed by atoms with van der Waals surface area (Å²) in [5, 5.41) is 3.98. The summed E-state index contributed by atoms with van der Waals surface area (Å²) in [7, 11) is 1.60. The Hall–Kier alpha value is -3.37. The molecule has 0 saturated carbocycles. The van der Waals surface area contributed by atoms with Gasteiger partial charge >= 0.3 is 0 Å². The number of ether oxygens (including phenoxy) is 1. The number of carbonyl (C=O) groups excluding carboxylic acids is 2. The van der Waals surface area contributed by atoms with Crippen molar-refractivity contribution in [3.8, 4) is 5.75 Å². The quantitative estimate of drug-likeness (QED) is 0.270. The van der Waals surface area contributed by atoms with E-state index in [1.54, 1.807) is 25.1 Å². The molecule has 1 aromatic carbocycles. The van der Waals surface area contributed by atoms with Gasteiger partial charge in [0.05, 0.1) is 23.1 Å². The van der Waals surface area contributed by atoms with Crippen LogP contribution in [0.15, 0.2) is 64.1 Å². The molecule has 38 heavy (non-hydrogen) atoms. The zero-order valence-corrected chi connectivity index (χ0v) is 23.7. The predicted octanol–water partition coefficient (Wildman–Crippen LogP) is 5.64. The second-order valence-electron chi connectivity index (χ2n) is 9.38. The number of carbonyl (C=O) groups is 2. The van der Waals surface area contributed by atoms with Crippen molar-refractivity contribution in [3.63, 3.8) is 0 Å². The molecule has 1 saturated heterocycles. The third-order valence-electron chi connectivity index (χ3n) is 6.41. The van der Waals surface area contributed by atoms with Crippen LogP contribution in [0.3, 0.4) is 0 Å². The molecule has 10 heteroatoms. The van der Waals surface area contributed by atoms with Crippen molar-refractivity contribution in [1.82, 2.24) is 19.8 Å². The molecule has 1 atom stereocenters. The summed E-state index contributed by atoms with van der Waals surface area (Å²) >= 11 is 3.11. The van der Waals surface area contributed by atoms with Crippen LogP contribution in [0.5, 0.6) is 5.75 Å². The standard InChI is InChI=1S/C28H33N5O3S2/c1-19(2)22-18-33(12-7-11-32(22)13-8-14-34)27(35)21-16-24(20(3)15-23(21)36-4)37-26-17-30-28(38-26)31-25-9-5-6-10-29-25/h5-6,8-10,13-17,19,22H,7,11-12,18H2,1-4H3,(H,29,30,31)/t22-/m0/s1. The highest BCUT2D eigenvalue weighted by atomic mass is 32.2. The molecule has 0 spiro atoms. The molecule has 0 unspecified atom stereocenters. The first kappa shape index (κ1) is 27.7. The SMILES string of the molecule is COc1cc(C)c(Sc2cnc(Nc3ccccn3)s2)cc1C(=O)N1CCCN(C=CC=O)[C@H](C(C)C)C1. The summed E-state index contributed by atoms with van der Waals surface area (Å²) in [5.74, 6) is 1.58. The van der Waals surface area contributed by atoms with E-state index in [1.165, 1.54) is 17.4 Å². The fraction of sp³-hybridized carbons (Fsp3) is 0.357. The highest BCUT2D eigenvalue weighted by Crippen LogP contribution is 2.39. The molecule has 1 amide bonds. The van der Waals surface area contributed by atoms with Crippen LogP contribution in [0, 0.1) is 12.8 Å². The van der Waals surface area contributed by atoms with Crippen molar-refractivity contribution < 1.29 is 14.3 Å². The molecule has 0 aliphatic carbocycles. The molecule has 0 bridgehead atoms. The summed E-state index contributed by atoms with van der Waals surface area (Å²) in [4.78, 5) is 38.6. The number of aromatic nitrogens is 2. The summed E-state index contributed by atoms with van der Waals surface area (Å²) in [6.07, 6.45) is 8.55. The van der Waals surface area contributed by atoms with Crippen LogP contribution in [0.1, 0.15) is 36.2 Å². The highest BCUT2D eigenvalue weighted by Gasteiger charge is 2.30. The minimum Gasteiger partial charge on any atom is -0.496 e. The summed E-state index contributed by atoms with van der Waals surface area (Å²) in [6, 6.07) is 9.67. The lowest BCUT2D eigenvalue weighted by molar-refractivity contribution is -0.104. The molecule has 1 N–H and O–H groups in total. The lowest BCUT2D eigenvalue weighted by Crippen LogP contribution is -2.44. The molecule has 1 fully saturated rings.